The molecule has 18 heavy (non-hydrogen) atoms. The van der Waals surface area contributed by atoms with Gasteiger partial charge in [-0.2, -0.15) is 0 Å². The van der Waals surface area contributed by atoms with E-state index in [1.807, 2.05) is 12.1 Å². The first kappa shape index (κ1) is 13.2. The average Bonchev–Trinajstić information content (AvgIpc) is 2.76. The zero-order valence-electron chi connectivity index (χ0n) is 10.1. The highest BCUT2D eigenvalue weighted by Gasteiger charge is 2.21. The summed E-state index contributed by atoms with van der Waals surface area (Å²) in [5.74, 6) is 0.753. The third kappa shape index (κ3) is 2.06. The first-order chi connectivity index (χ1) is 8.60. The lowest BCUT2D eigenvalue weighted by molar-refractivity contribution is -0.123. The van der Waals surface area contributed by atoms with E-state index in [0.717, 1.165) is 11.0 Å². The Balaban J connectivity index is 2.70. The van der Waals surface area contributed by atoms with Gasteiger partial charge in [-0.15, -0.1) is 11.6 Å². The highest BCUT2D eigenvalue weighted by atomic mass is 35.5. The van der Waals surface area contributed by atoms with Crippen LogP contribution in [0.1, 0.15) is 18.8 Å². The monoisotopic (exact) mass is 285 g/mol. The van der Waals surface area contributed by atoms with E-state index in [1.165, 1.54) is 0 Å². The van der Waals surface area contributed by atoms with Crippen LogP contribution in [0.2, 0.25) is 5.02 Å². The molecule has 0 saturated carbocycles. The van der Waals surface area contributed by atoms with Gasteiger partial charge in [0, 0.05) is 7.05 Å². The van der Waals surface area contributed by atoms with E-state index in [0.29, 0.717) is 10.8 Å². The zero-order valence-corrected chi connectivity index (χ0v) is 11.6. The van der Waals surface area contributed by atoms with Gasteiger partial charge in [-0.1, -0.05) is 17.7 Å². The van der Waals surface area contributed by atoms with Crippen molar-refractivity contribution in [3.63, 3.8) is 0 Å². The van der Waals surface area contributed by atoms with Crippen molar-refractivity contribution in [2.24, 2.45) is 0 Å². The van der Waals surface area contributed by atoms with E-state index in [1.54, 1.807) is 24.6 Å². The Morgan fingerprint density at radius 1 is 1.56 bits per heavy atom. The maximum Gasteiger partial charge on any atom is 0.242 e. The summed E-state index contributed by atoms with van der Waals surface area (Å²) in [6.45, 7) is 1.79. The summed E-state index contributed by atoms with van der Waals surface area (Å²) >= 11 is 12.1. The largest absolute Gasteiger partial charge is 0.357 e. The van der Waals surface area contributed by atoms with E-state index in [2.05, 4.69) is 10.3 Å². The average molecular weight is 286 g/mol. The minimum atomic E-state index is -0.409. The van der Waals surface area contributed by atoms with Crippen molar-refractivity contribution < 1.29 is 4.79 Å². The van der Waals surface area contributed by atoms with E-state index >= 15 is 0 Å². The lowest BCUT2D eigenvalue weighted by Crippen LogP contribution is -2.28. The number of imidazole rings is 1. The number of halogens is 2. The smallest absolute Gasteiger partial charge is 0.242 e. The Bertz CT molecular complexity index is 594. The fraction of sp³-hybridized carbons (Fsp3) is 0.333. The van der Waals surface area contributed by atoms with Crippen molar-refractivity contribution >= 4 is 40.1 Å². The summed E-state index contributed by atoms with van der Waals surface area (Å²) in [6.07, 6.45) is 0. The van der Waals surface area contributed by atoms with Crippen LogP contribution in [0.25, 0.3) is 11.0 Å². The number of likely N-dealkylation sites (N-methyl/N-ethyl adjacent to an activating group) is 1. The maximum atomic E-state index is 11.8. The normalized spacial score (nSPS) is 12.7. The lowest BCUT2D eigenvalue weighted by atomic mass is 10.2. The second-order valence-electron chi connectivity index (χ2n) is 3.93. The third-order valence-electron chi connectivity index (χ3n) is 2.87. The highest BCUT2D eigenvalue weighted by molar-refractivity contribution is 6.35. The van der Waals surface area contributed by atoms with Crippen molar-refractivity contribution in [2.45, 2.75) is 18.8 Å². The molecule has 1 aromatic carbocycles. The van der Waals surface area contributed by atoms with Gasteiger partial charge in [0.1, 0.15) is 11.9 Å². The summed E-state index contributed by atoms with van der Waals surface area (Å²) < 4.78 is 1.78. The molecule has 1 N–H and O–H groups in total. The summed E-state index contributed by atoms with van der Waals surface area (Å²) in [5, 5.41) is 3.18. The number of amides is 1. The number of hydrogen-bond donors (Lipinski definition) is 1. The van der Waals surface area contributed by atoms with Gasteiger partial charge in [-0.25, -0.2) is 4.98 Å². The predicted octanol–water partition coefficient (Wildman–Crippen LogP) is 2.74. The van der Waals surface area contributed by atoms with E-state index in [-0.39, 0.29) is 11.8 Å². The van der Waals surface area contributed by atoms with E-state index < -0.39 is 6.04 Å². The van der Waals surface area contributed by atoms with Crippen LogP contribution >= 0.6 is 23.2 Å². The molecule has 0 aliphatic rings. The summed E-state index contributed by atoms with van der Waals surface area (Å²) in [4.78, 5) is 16.2. The van der Waals surface area contributed by atoms with Crippen molar-refractivity contribution in [3.8, 4) is 0 Å². The number of nitrogens with one attached hydrogen (secondary N) is 1. The first-order valence-electron chi connectivity index (χ1n) is 5.53. The molecule has 1 unspecified atom stereocenters. The van der Waals surface area contributed by atoms with Crippen LogP contribution in [-0.2, 0) is 10.7 Å². The number of aromatic nitrogens is 2. The molecular formula is C12H13Cl2N3O. The molecule has 0 aliphatic heterocycles. The fourth-order valence-corrected chi connectivity index (χ4v) is 2.44. The molecule has 96 valence electrons. The maximum absolute atomic E-state index is 11.8. The van der Waals surface area contributed by atoms with Crippen molar-refractivity contribution in [1.82, 2.24) is 14.9 Å². The topological polar surface area (TPSA) is 46.9 Å². The molecule has 2 rings (SSSR count). The van der Waals surface area contributed by atoms with Gasteiger partial charge in [0.25, 0.3) is 0 Å². The summed E-state index contributed by atoms with van der Waals surface area (Å²) in [5.41, 5.74) is 1.49. The number of fused-ring (bicyclic) bond motifs is 1. The van der Waals surface area contributed by atoms with Crippen LogP contribution in [0.4, 0.5) is 0 Å². The molecule has 2 aromatic rings. The second-order valence-corrected chi connectivity index (χ2v) is 4.60. The Hall–Kier alpha value is -1.26. The molecular weight excluding hydrogens is 273 g/mol. The quantitative estimate of drug-likeness (QED) is 0.882. The molecule has 4 nitrogen and oxygen atoms in total. The highest BCUT2D eigenvalue weighted by Crippen LogP contribution is 2.28. The molecule has 6 heteroatoms. The van der Waals surface area contributed by atoms with E-state index in [4.69, 9.17) is 23.2 Å². The minimum Gasteiger partial charge on any atom is -0.357 e. The molecule has 0 fully saturated rings. The second kappa shape index (κ2) is 5.16. The SMILES string of the molecule is CNC(=O)C(C)n1c(CCl)nc2cccc(Cl)c21. The standard InChI is InChI=1S/C12H13Cl2N3O/c1-7(12(18)15-2)17-10(6-13)16-9-5-3-4-8(14)11(9)17/h3-5,7H,6H2,1-2H3,(H,15,18). The van der Waals surface area contributed by atoms with Gasteiger partial charge < -0.3 is 9.88 Å². The van der Waals surface area contributed by atoms with Gasteiger partial charge in [-0.05, 0) is 19.1 Å². The fourth-order valence-electron chi connectivity index (χ4n) is 1.99. The molecule has 1 aromatic heterocycles. The van der Waals surface area contributed by atoms with Gasteiger partial charge in [0.2, 0.25) is 5.91 Å². The molecule has 0 spiro atoms. The van der Waals surface area contributed by atoms with Crippen LogP contribution < -0.4 is 5.32 Å². The number of para-hydroxylation sites is 1. The Morgan fingerprint density at radius 2 is 2.28 bits per heavy atom. The predicted molar refractivity (Wildman–Crippen MR) is 73.1 cm³/mol. The Morgan fingerprint density at radius 3 is 2.89 bits per heavy atom. The van der Waals surface area contributed by atoms with Crippen molar-refractivity contribution in [2.75, 3.05) is 7.05 Å². The third-order valence-corrected chi connectivity index (χ3v) is 3.41. The molecule has 0 bridgehead atoms. The minimum absolute atomic E-state index is 0.111. The first-order valence-corrected chi connectivity index (χ1v) is 6.44. The van der Waals surface area contributed by atoms with Crippen molar-refractivity contribution in [3.05, 3.63) is 29.0 Å². The molecule has 1 amide bonds. The number of hydrogen-bond acceptors (Lipinski definition) is 2. The van der Waals surface area contributed by atoms with Crippen LogP contribution in [0.3, 0.4) is 0 Å². The lowest BCUT2D eigenvalue weighted by Gasteiger charge is -2.15. The molecule has 0 radical (unpaired) electrons. The van der Waals surface area contributed by atoms with Gasteiger partial charge in [0.05, 0.1) is 21.9 Å². The van der Waals surface area contributed by atoms with Crippen molar-refractivity contribution in [1.29, 1.82) is 0 Å². The number of carbonyl (C=O) groups is 1. The number of nitrogens with zero attached hydrogens (tertiary/aromatic N) is 2. The summed E-state index contributed by atoms with van der Waals surface area (Å²) in [7, 11) is 1.60. The van der Waals surface area contributed by atoms with Crippen LogP contribution in [0.15, 0.2) is 18.2 Å². The Labute approximate surface area is 115 Å². The molecule has 1 heterocycles. The number of benzene rings is 1. The van der Waals surface area contributed by atoms with Crippen LogP contribution in [-0.4, -0.2) is 22.5 Å². The number of carbonyl (C=O) groups excluding carboxylic acids is 1. The molecule has 1 atom stereocenters. The van der Waals surface area contributed by atoms with Crippen LogP contribution in [0.5, 0.6) is 0 Å². The molecule has 0 saturated heterocycles. The van der Waals surface area contributed by atoms with Gasteiger partial charge in [0.15, 0.2) is 0 Å². The molecule has 0 aliphatic carbocycles. The zero-order chi connectivity index (χ0) is 13.3. The Kier molecular flexibility index (Phi) is 3.78. The summed E-state index contributed by atoms with van der Waals surface area (Å²) in [6, 6.07) is 5.04. The van der Waals surface area contributed by atoms with E-state index in [9.17, 15) is 4.79 Å². The number of rotatable bonds is 3. The number of alkyl halides is 1. The van der Waals surface area contributed by atoms with Crippen LogP contribution in [0, 0.1) is 0 Å². The van der Waals surface area contributed by atoms with Gasteiger partial charge >= 0.3 is 0 Å². The van der Waals surface area contributed by atoms with Gasteiger partial charge in [-0.3, -0.25) is 4.79 Å².